The standard InChI is InChI=1S/C13H15ClN2O/c1-16(9-11-3-2-6-17-11)8-10-4-5-12(14)13(15)7-10/h2-7H,8-9,15H2,1H3. The van der Waals surface area contributed by atoms with Crippen LogP contribution in [0.15, 0.2) is 41.0 Å². The summed E-state index contributed by atoms with van der Waals surface area (Å²) in [7, 11) is 2.04. The van der Waals surface area contributed by atoms with E-state index in [4.69, 9.17) is 21.8 Å². The smallest absolute Gasteiger partial charge is 0.117 e. The number of benzene rings is 1. The third kappa shape index (κ3) is 3.25. The van der Waals surface area contributed by atoms with Crippen molar-refractivity contribution in [1.29, 1.82) is 0 Å². The van der Waals surface area contributed by atoms with Gasteiger partial charge in [0.1, 0.15) is 5.76 Å². The van der Waals surface area contributed by atoms with Crippen LogP contribution in [-0.4, -0.2) is 11.9 Å². The minimum absolute atomic E-state index is 0.599. The van der Waals surface area contributed by atoms with Gasteiger partial charge in [0, 0.05) is 6.54 Å². The van der Waals surface area contributed by atoms with Gasteiger partial charge in [-0.15, -0.1) is 0 Å². The molecule has 90 valence electrons. The first-order chi connectivity index (χ1) is 8.15. The second-order valence-corrected chi connectivity index (χ2v) is 4.51. The van der Waals surface area contributed by atoms with E-state index >= 15 is 0 Å². The van der Waals surface area contributed by atoms with E-state index in [2.05, 4.69) is 4.90 Å². The number of rotatable bonds is 4. The second kappa shape index (κ2) is 5.25. The molecule has 2 N–H and O–H groups in total. The number of nitrogen functional groups attached to an aromatic ring is 1. The number of anilines is 1. The fraction of sp³-hybridized carbons (Fsp3) is 0.231. The Labute approximate surface area is 106 Å². The van der Waals surface area contributed by atoms with E-state index in [9.17, 15) is 0 Å². The number of hydrogen-bond acceptors (Lipinski definition) is 3. The first kappa shape index (κ1) is 12.0. The van der Waals surface area contributed by atoms with Gasteiger partial charge < -0.3 is 10.2 Å². The molecule has 0 radical (unpaired) electrons. The maximum atomic E-state index is 5.88. The molecule has 2 aromatic rings. The summed E-state index contributed by atoms with van der Waals surface area (Å²) < 4.78 is 5.30. The van der Waals surface area contributed by atoms with Crippen LogP contribution in [0.3, 0.4) is 0 Å². The fourth-order valence-electron chi connectivity index (χ4n) is 1.73. The summed E-state index contributed by atoms with van der Waals surface area (Å²) in [6.07, 6.45) is 1.68. The van der Waals surface area contributed by atoms with Crippen molar-refractivity contribution in [3.05, 3.63) is 52.9 Å². The molecule has 0 saturated carbocycles. The molecule has 0 spiro atoms. The molecule has 0 saturated heterocycles. The summed E-state index contributed by atoms with van der Waals surface area (Å²) in [5.41, 5.74) is 7.52. The number of furan rings is 1. The lowest BCUT2D eigenvalue weighted by Crippen LogP contribution is -2.16. The Morgan fingerprint density at radius 3 is 2.76 bits per heavy atom. The summed E-state index contributed by atoms with van der Waals surface area (Å²) in [5, 5.41) is 0.599. The minimum atomic E-state index is 0.599. The van der Waals surface area contributed by atoms with Crippen molar-refractivity contribution < 1.29 is 4.42 Å². The summed E-state index contributed by atoms with van der Waals surface area (Å²) >= 11 is 5.88. The molecule has 0 aliphatic carbocycles. The van der Waals surface area contributed by atoms with Crippen LogP contribution < -0.4 is 5.73 Å². The fourth-order valence-corrected chi connectivity index (χ4v) is 1.85. The summed E-state index contributed by atoms with van der Waals surface area (Å²) in [4.78, 5) is 2.15. The van der Waals surface area contributed by atoms with Crippen molar-refractivity contribution in [2.75, 3.05) is 12.8 Å². The Morgan fingerprint density at radius 1 is 1.29 bits per heavy atom. The summed E-state index contributed by atoms with van der Waals surface area (Å²) in [5.74, 6) is 0.953. The first-order valence-corrected chi connectivity index (χ1v) is 5.78. The third-order valence-electron chi connectivity index (χ3n) is 2.52. The highest BCUT2D eigenvalue weighted by molar-refractivity contribution is 6.33. The van der Waals surface area contributed by atoms with Gasteiger partial charge in [0.2, 0.25) is 0 Å². The van der Waals surface area contributed by atoms with Crippen LogP contribution in [0.5, 0.6) is 0 Å². The topological polar surface area (TPSA) is 42.4 Å². The molecular formula is C13H15ClN2O. The van der Waals surface area contributed by atoms with Gasteiger partial charge in [-0.2, -0.15) is 0 Å². The highest BCUT2D eigenvalue weighted by Crippen LogP contribution is 2.20. The number of halogens is 1. The molecule has 1 heterocycles. The lowest BCUT2D eigenvalue weighted by Gasteiger charge is -2.15. The van der Waals surface area contributed by atoms with Crippen molar-refractivity contribution in [2.24, 2.45) is 0 Å². The molecule has 0 aliphatic heterocycles. The van der Waals surface area contributed by atoms with E-state index in [1.807, 2.05) is 37.4 Å². The number of nitrogens with two attached hydrogens (primary N) is 1. The van der Waals surface area contributed by atoms with Crippen LogP contribution in [0, 0.1) is 0 Å². The van der Waals surface area contributed by atoms with Crippen molar-refractivity contribution in [2.45, 2.75) is 13.1 Å². The van der Waals surface area contributed by atoms with Crippen LogP contribution >= 0.6 is 11.6 Å². The van der Waals surface area contributed by atoms with E-state index in [0.717, 1.165) is 24.4 Å². The molecule has 0 aliphatic rings. The molecule has 4 heteroatoms. The summed E-state index contributed by atoms with van der Waals surface area (Å²) in [6, 6.07) is 9.57. The van der Waals surface area contributed by atoms with Gasteiger partial charge in [-0.25, -0.2) is 0 Å². The average molecular weight is 251 g/mol. The highest BCUT2D eigenvalue weighted by atomic mass is 35.5. The predicted molar refractivity (Wildman–Crippen MR) is 69.7 cm³/mol. The van der Waals surface area contributed by atoms with E-state index in [0.29, 0.717) is 10.7 Å². The first-order valence-electron chi connectivity index (χ1n) is 5.40. The van der Waals surface area contributed by atoms with Crippen LogP contribution in [0.25, 0.3) is 0 Å². The molecule has 3 nitrogen and oxygen atoms in total. The largest absolute Gasteiger partial charge is 0.468 e. The van der Waals surface area contributed by atoms with Gasteiger partial charge >= 0.3 is 0 Å². The highest BCUT2D eigenvalue weighted by Gasteiger charge is 2.05. The SMILES string of the molecule is CN(Cc1ccc(Cl)c(N)c1)Cc1ccco1. The molecule has 0 atom stereocenters. The Kier molecular flexibility index (Phi) is 3.71. The van der Waals surface area contributed by atoms with Gasteiger partial charge in [0.15, 0.2) is 0 Å². The van der Waals surface area contributed by atoms with Gasteiger partial charge in [0.05, 0.1) is 23.5 Å². The minimum Gasteiger partial charge on any atom is -0.468 e. The molecule has 0 bridgehead atoms. The van der Waals surface area contributed by atoms with Gasteiger partial charge in [-0.05, 0) is 36.9 Å². The van der Waals surface area contributed by atoms with Gasteiger partial charge in [0.25, 0.3) is 0 Å². The van der Waals surface area contributed by atoms with Crippen LogP contribution in [0.1, 0.15) is 11.3 Å². The van der Waals surface area contributed by atoms with Gasteiger partial charge in [-0.1, -0.05) is 17.7 Å². The zero-order valence-electron chi connectivity index (χ0n) is 9.69. The number of hydrogen-bond donors (Lipinski definition) is 1. The molecule has 1 aromatic heterocycles. The maximum absolute atomic E-state index is 5.88. The van der Waals surface area contributed by atoms with Gasteiger partial charge in [-0.3, -0.25) is 4.90 Å². The van der Waals surface area contributed by atoms with Crippen LogP contribution in [0.4, 0.5) is 5.69 Å². The Hall–Kier alpha value is -1.45. The predicted octanol–water partition coefficient (Wildman–Crippen LogP) is 3.15. The zero-order chi connectivity index (χ0) is 12.3. The average Bonchev–Trinajstić information content (AvgIpc) is 2.76. The normalized spacial score (nSPS) is 11.0. The molecule has 1 aromatic carbocycles. The zero-order valence-corrected chi connectivity index (χ0v) is 10.4. The summed E-state index contributed by atoms with van der Waals surface area (Å²) in [6.45, 7) is 1.58. The molecule has 2 rings (SSSR count). The lowest BCUT2D eigenvalue weighted by atomic mass is 10.2. The Morgan fingerprint density at radius 2 is 2.12 bits per heavy atom. The second-order valence-electron chi connectivity index (χ2n) is 4.11. The van der Waals surface area contributed by atoms with Crippen molar-refractivity contribution in [1.82, 2.24) is 4.90 Å². The quantitative estimate of drug-likeness (QED) is 0.848. The Bertz CT molecular complexity index is 482. The van der Waals surface area contributed by atoms with Crippen molar-refractivity contribution >= 4 is 17.3 Å². The van der Waals surface area contributed by atoms with Crippen LogP contribution in [-0.2, 0) is 13.1 Å². The van der Waals surface area contributed by atoms with Crippen molar-refractivity contribution in [3.63, 3.8) is 0 Å². The molecule has 17 heavy (non-hydrogen) atoms. The molecule has 0 fully saturated rings. The molecule has 0 unspecified atom stereocenters. The van der Waals surface area contributed by atoms with E-state index in [-0.39, 0.29) is 0 Å². The van der Waals surface area contributed by atoms with E-state index in [1.165, 1.54) is 0 Å². The third-order valence-corrected chi connectivity index (χ3v) is 2.86. The number of nitrogens with zero attached hydrogens (tertiary/aromatic N) is 1. The molecular weight excluding hydrogens is 236 g/mol. The van der Waals surface area contributed by atoms with Crippen LogP contribution in [0.2, 0.25) is 5.02 Å². The molecule has 0 amide bonds. The Balaban J connectivity index is 1.98. The van der Waals surface area contributed by atoms with Crippen molar-refractivity contribution in [3.8, 4) is 0 Å². The monoisotopic (exact) mass is 250 g/mol. The maximum Gasteiger partial charge on any atom is 0.117 e. The van der Waals surface area contributed by atoms with E-state index < -0.39 is 0 Å². The van der Waals surface area contributed by atoms with E-state index in [1.54, 1.807) is 6.26 Å². The lowest BCUT2D eigenvalue weighted by molar-refractivity contribution is 0.288.